The van der Waals surface area contributed by atoms with Crippen LogP contribution in [0.1, 0.15) is 61.8 Å². The number of hydrogen-bond acceptors (Lipinski definition) is 1. The molecule has 2 aromatic carbocycles. The van der Waals surface area contributed by atoms with Crippen molar-refractivity contribution >= 4 is 0 Å². The number of rotatable bonds is 6. The molecule has 0 atom stereocenters. The van der Waals surface area contributed by atoms with Gasteiger partial charge in [-0.15, -0.1) is 0 Å². The fraction of sp³-hybridized carbons (Fsp3) is 0.333. The molecule has 1 heteroatoms. The molecule has 0 radical (unpaired) electrons. The predicted molar refractivity (Wildman–Crippen MR) is 111 cm³/mol. The van der Waals surface area contributed by atoms with E-state index in [4.69, 9.17) is 5.73 Å². The highest BCUT2D eigenvalue weighted by atomic mass is 14.5. The van der Waals surface area contributed by atoms with E-state index in [2.05, 4.69) is 77.1 Å². The van der Waals surface area contributed by atoms with Crippen molar-refractivity contribution in [3.8, 4) is 11.1 Å². The average molecular weight is 334 g/mol. The molecule has 25 heavy (non-hydrogen) atoms. The van der Waals surface area contributed by atoms with Gasteiger partial charge >= 0.3 is 0 Å². The topological polar surface area (TPSA) is 26.0 Å². The molecular formula is C24H31N. The van der Waals surface area contributed by atoms with Crippen LogP contribution in [0.3, 0.4) is 0 Å². The Morgan fingerprint density at radius 3 is 2.04 bits per heavy atom. The van der Waals surface area contributed by atoms with Crippen LogP contribution in [0.5, 0.6) is 0 Å². The number of aryl methyl sites for hydroxylation is 1. The van der Waals surface area contributed by atoms with Gasteiger partial charge in [-0.05, 0) is 70.8 Å². The second-order valence-electron chi connectivity index (χ2n) is 7.36. The molecule has 0 unspecified atom stereocenters. The summed E-state index contributed by atoms with van der Waals surface area (Å²) in [5, 5.41) is 0. The Balaban J connectivity index is 2.44. The summed E-state index contributed by atoms with van der Waals surface area (Å²) in [5.41, 5.74) is 13.5. The van der Waals surface area contributed by atoms with E-state index in [1.807, 2.05) is 12.2 Å². The zero-order chi connectivity index (χ0) is 18.4. The zero-order valence-electron chi connectivity index (χ0n) is 16.2. The maximum absolute atomic E-state index is 5.38. The van der Waals surface area contributed by atoms with Gasteiger partial charge in [0.2, 0.25) is 0 Å². The van der Waals surface area contributed by atoms with E-state index in [0.717, 1.165) is 6.42 Å². The summed E-state index contributed by atoms with van der Waals surface area (Å²) in [7, 11) is 0. The van der Waals surface area contributed by atoms with Crippen molar-refractivity contribution in [2.45, 2.75) is 52.9 Å². The molecule has 0 saturated heterocycles. The lowest BCUT2D eigenvalue weighted by Gasteiger charge is -2.15. The van der Waals surface area contributed by atoms with Gasteiger partial charge in [-0.1, -0.05) is 76.2 Å². The van der Waals surface area contributed by atoms with E-state index in [0.29, 0.717) is 11.8 Å². The second kappa shape index (κ2) is 8.71. The lowest BCUT2D eigenvalue weighted by molar-refractivity contribution is 0.834. The molecule has 0 aliphatic heterocycles. The fourth-order valence-corrected chi connectivity index (χ4v) is 2.92. The van der Waals surface area contributed by atoms with Crippen LogP contribution < -0.4 is 5.73 Å². The molecule has 2 aromatic rings. The van der Waals surface area contributed by atoms with Crippen LogP contribution in [0.2, 0.25) is 0 Å². The first-order valence-corrected chi connectivity index (χ1v) is 9.20. The lowest BCUT2D eigenvalue weighted by Crippen LogP contribution is -1.96. The minimum Gasteiger partial charge on any atom is -0.405 e. The van der Waals surface area contributed by atoms with E-state index in [1.54, 1.807) is 6.20 Å². The molecular weight excluding hydrogens is 302 g/mol. The van der Waals surface area contributed by atoms with Crippen molar-refractivity contribution < 1.29 is 0 Å². The summed E-state index contributed by atoms with van der Waals surface area (Å²) in [6, 6.07) is 13.8. The Bertz CT molecular complexity index is 737. The van der Waals surface area contributed by atoms with Gasteiger partial charge in [0.1, 0.15) is 0 Å². The average Bonchev–Trinajstić information content (AvgIpc) is 2.59. The minimum atomic E-state index is 0.536. The van der Waals surface area contributed by atoms with Crippen LogP contribution in [0.4, 0.5) is 0 Å². The van der Waals surface area contributed by atoms with Gasteiger partial charge in [-0.3, -0.25) is 0 Å². The van der Waals surface area contributed by atoms with E-state index in [1.165, 1.54) is 33.4 Å². The highest BCUT2D eigenvalue weighted by molar-refractivity contribution is 5.67. The van der Waals surface area contributed by atoms with Gasteiger partial charge in [0.15, 0.2) is 0 Å². The Morgan fingerprint density at radius 2 is 1.48 bits per heavy atom. The fourth-order valence-electron chi connectivity index (χ4n) is 2.92. The third-order valence-electron chi connectivity index (χ3n) is 4.69. The van der Waals surface area contributed by atoms with E-state index in [-0.39, 0.29) is 0 Å². The molecule has 0 aliphatic rings. The van der Waals surface area contributed by atoms with Gasteiger partial charge in [-0.25, -0.2) is 0 Å². The van der Waals surface area contributed by atoms with Crippen molar-refractivity contribution in [3.05, 3.63) is 83.1 Å². The Kier molecular flexibility index (Phi) is 6.64. The van der Waals surface area contributed by atoms with E-state index in [9.17, 15) is 0 Å². The smallest absolute Gasteiger partial charge is 0.00625 e. The van der Waals surface area contributed by atoms with E-state index < -0.39 is 0 Å². The summed E-state index contributed by atoms with van der Waals surface area (Å²) in [4.78, 5) is 0. The third kappa shape index (κ3) is 5.09. The minimum absolute atomic E-state index is 0.536. The Morgan fingerprint density at radius 1 is 0.840 bits per heavy atom. The standard InChI is InChI=1S/C24H31N/c1-17(2)22-14-23(18(3)4)16-24(15-22)21-11-10-19(5)20(13-21)9-7-6-8-12-25/h6-8,10-18H,9,25H2,1-5H3/b7-6-,12-8-. The van der Waals surface area contributed by atoms with E-state index >= 15 is 0 Å². The van der Waals surface area contributed by atoms with Gasteiger partial charge in [-0.2, -0.15) is 0 Å². The van der Waals surface area contributed by atoms with Crippen LogP contribution in [0.15, 0.2) is 60.8 Å². The number of hydrogen-bond donors (Lipinski definition) is 1. The molecule has 2 rings (SSSR count). The summed E-state index contributed by atoms with van der Waals surface area (Å²) in [6.07, 6.45) is 8.50. The summed E-state index contributed by atoms with van der Waals surface area (Å²) < 4.78 is 0. The normalized spacial score (nSPS) is 12.1. The molecule has 0 heterocycles. The molecule has 0 aromatic heterocycles. The first kappa shape index (κ1) is 19.1. The molecule has 0 aliphatic carbocycles. The molecule has 0 bridgehead atoms. The van der Waals surface area contributed by atoms with Gasteiger partial charge in [0.25, 0.3) is 0 Å². The summed E-state index contributed by atoms with van der Waals surface area (Å²) >= 11 is 0. The quantitative estimate of drug-likeness (QED) is 0.601. The Hall–Kier alpha value is -2.28. The third-order valence-corrected chi connectivity index (χ3v) is 4.69. The SMILES string of the molecule is Cc1ccc(-c2cc(C(C)C)cc(C(C)C)c2)cc1C/C=C\C=C/N. The molecule has 132 valence electrons. The van der Waals surface area contributed by atoms with Crippen LogP contribution in [0.25, 0.3) is 11.1 Å². The van der Waals surface area contributed by atoms with Crippen LogP contribution in [-0.2, 0) is 6.42 Å². The lowest BCUT2D eigenvalue weighted by atomic mass is 9.90. The number of benzene rings is 2. The van der Waals surface area contributed by atoms with Crippen molar-refractivity contribution in [2.24, 2.45) is 5.73 Å². The predicted octanol–water partition coefficient (Wildman–Crippen LogP) is 6.48. The molecule has 0 spiro atoms. The monoisotopic (exact) mass is 333 g/mol. The maximum Gasteiger partial charge on any atom is -0.00625 e. The van der Waals surface area contributed by atoms with Gasteiger partial charge < -0.3 is 5.73 Å². The van der Waals surface area contributed by atoms with Gasteiger partial charge in [0.05, 0.1) is 0 Å². The van der Waals surface area contributed by atoms with Crippen molar-refractivity contribution in [1.82, 2.24) is 0 Å². The van der Waals surface area contributed by atoms with Crippen LogP contribution in [0, 0.1) is 6.92 Å². The molecule has 0 amide bonds. The summed E-state index contributed by atoms with van der Waals surface area (Å²) in [5.74, 6) is 1.07. The highest BCUT2D eigenvalue weighted by Crippen LogP contribution is 2.30. The maximum atomic E-state index is 5.38. The second-order valence-corrected chi connectivity index (χ2v) is 7.36. The molecule has 0 fully saturated rings. The first-order chi connectivity index (χ1) is 11.9. The van der Waals surface area contributed by atoms with Crippen molar-refractivity contribution in [3.63, 3.8) is 0 Å². The van der Waals surface area contributed by atoms with Crippen molar-refractivity contribution in [2.75, 3.05) is 0 Å². The highest BCUT2D eigenvalue weighted by Gasteiger charge is 2.09. The first-order valence-electron chi connectivity index (χ1n) is 9.20. The molecule has 1 nitrogen and oxygen atoms in total. The van der Waals surface area contributed by atoms with Crippen LogP contribution in [-0.4, -0.2) is 0 Å². The number of nitrogens with two attached hydrogens (primary N) is 1. The largest absolute Gasteiger partial charge is 0.405 e. The molecule has 0 saturated carbocycles. The summed E-state index contributed by atoms with van der Waals surface area (Å²) in [6.45, 7) is 11.2. The Labute approximate surface area is 153 Å². The van der Waals surface area contributed by atoms with Gasteiger partial charge in [0, 0.05) is 0 Å². The molecule has 2 N–H and O–H groups in total. The number of allylic oxidation sites excluding steroid dienone is 3. The van der Waals surface area contributed by atoms with Crippen LogP contribution >= 0.6 is 0 Å². The zero-order valence-corrected chi connectivity index (χ0v) is 16.2. The van der Waals surface area contributed by atoms with Crippen molar-refractivity contribution in [1.29, 1.82) is 0 Å².